The van der Waals surface area contributed by atoms with Crippen LogP contribution in [0.4, 0.5) is 27.8 Å². The summed E-state index contributed by atoms with van der Waals surface area (Å²) >= 11 is -2.65. The zero-order valence-electron chi connectivity index (χ0n) is 9.83. The van der Waals surface area contributed by atoms with Gasteiger partial charge in [0.15, 0.2) is 23.3 Å². The lowest BCUT2D eigenvalue weighted by Crippen LogP contribution is -2.08. The molecule has 21 heavy (non-hydrogen) atoms. The van der Waals surface area contributed by atoms with Crippen LogP contribution in [-0.2, 0) is 11.3 Å². The molecule has 0 spiro atoms. The molecule has 2 aromatic rings. The number of aromatic nitrogens is 1. The molecule has 0 saturated carbocycles. The van der Waals surface area contributed by atoms with E-state index in [9.17, 15) is 26.2 Å². The number of hydrogen-bond donors (Lipinski definition) is 2. The average Bonchev–Trinajstić information content (AvgIpc) is 2.44. The largest absolute Gasteiger partial charge is 0.289 e. The topological polar surface area (TPSA) is 62.2 Å². The fraction of sp³-hybridized carbons (Fsp3) is 0. The number of nitrogens with zero attached hydrogens (tertiary/aromatic N) is 1. The zero-order chi connectivity index (χ0) is 15.7. The molecule has 1 atom stereocenters. The highest BCUT2D eigenvalue weighted by atomic mass is 32.2. The molecule has 0 saturated heterocycles. The Morgan fingerprint density at radius 3 is 2.05 bits per heavy atom. The van der Waals surface area contributed by atoms with E-state index in [0.29, 0.717) is 0 Å². The summed E-state index contributed by atoms with van der Waals surface area (Å²) in [5, 5.41) is 0. The monoisotopic (exact) mass is 324 g/mol. The second kappa shape index (κ2) is 5.74. The smallest absolute Gasteiger partial charge is 0.260 e. The van der Waals surface area contributed by atoms with E-state index in [1.807, 2.05) is 4.72 Å². The van der Waals surface area contributed by atoms with E-state index in [-0.39, 0.29) is 0 Å². The van der Waals surface area contributed by atoms with Crippen LogP contribution < -0.4 is 4.72 Å². The minimum Gasteiger partial charge on any atom is -0.289 e. The molecule has 0 aliphatic heterocycles. The van der Waals surface area contributed by atoms with Crippen molar-refractivity contribution in [3.05, 3.63) is 47.4 Å². The maximum absolute atomic E-state index is 13.7. The summed E-state index contributed by atoms with van der Waals surface area (Å²) in [6, 6.07) is 2.15. The number of anilines is 1. The molecule has 1 aromatic heterocycles. The molecule has 1 heterocycles. The van der Waals surface area contributed by atoms with Gasteiger partial charge < -0.3 is 0 Å². The van der Waals surface area contributed by atoms with Gasteiger partial charge in [-0.25, -0.2) is 31.1 Å². The van der Waals surface area contributed by atoms with Crippen molar-refractivity contribution in [2.24, 2.45) is 0 Å². The first kappa shape index (κ1) is 15.3. The molecule has 0 aliphatic rings. The van der Waals surface area contributed by atoms with Gasteiger partial charge in [-0.1, -0.05) is 0 Å². The molecule has 112 valence electrons. The summed E-state index contributed by atoms with van der Waals surface area (Å²) in [5.41, 5.74) is -1.79. The van der Waals surface area contributed by atoms with Crippen molar-refractivity contribution in [2.45, 2.75) is 0 Å². The van der Waals surface area contributed by atoms with Gasteiger partial charge in [-0.05, 0) is 12.1 Å². The third kappa shape index (κ3) is 2.72. The van der Waals surface area contributed by atoms with Crippen molar-refractivity contribution >= 4 is 17.1 Å². The molecular formula is C11H5F5N2O2S. The van der Waals surface area contributed by atoms with Crippen LogP contribution in [0.1, 0.15) is 0 Å². The van der Waals surface area contributed by atoms with Crippen molar-refractivity contribution in [1.29, 1.82) is 0 Å². The Balaban J connectivity index is 2.77. The molecule has 2 N–H and O–H groups in total. The lowest BCUT2D eigenvalue weighted by atomic mass is 10.0. The van der Waals surface area contributed by atoms with Crippen molar-refractivity contribution in [2.75, 3.05) is 4.72 Å². The quantitative estimate of drug-likeness (QED) is 0.395. The van der Waals surface area contributed by atoms with Crippen LogP contribution in [0.25, 0.3) is 11.1 Å². The van der Waals surface area contributed by atoms with Crippen LogP contribution in [0.3, 0.4) is 0 Å². The Bertz CT molecular complexity index is 712. The van der Waals surface area contributed by atoms with Crippen molar-refractivity contribution in [3.8, 4) is 11.1 Å². The number of pyridine rings is 1. The first-order valence-corrected chi connectivity index (χ1v) is 6.29. The predicted molar refractivity (Wildman–Crippen MR) is 63.9 cm³/mol. The minimum atomic E-state index is -2.65. The van der Waals surface area contributed by atoms with E-state index in [4.69, 9.17) is 4.55 Å². The van der Waals surface area contributed by atoms with Crippen LogP contribution in [0.15, 0.2) is 18.3 Å². The number of nitrogens with one attached hydrogen (secondary N) is 1. The van der Waals surface area contributed by atoms with E-state index in [1.165, 1.54) is 6.07 Å². The summed E-state index contributed by atoms with van der Waals surface area (Å²) in [5.74, 6) is -11.2. The van der Waals surface area contributed by atoms with Crippen LogP contribution in [0.5, 0.6) is 0 Å². The van der Waals surface area contributed by atoms with E-state index < -0.39 is 57.3 Å². The van der Waals surface area contributed by atoms with E-state index >= 15 is 0 Å². The third-order valence-corrected chi connectivity index (χ3v) is 2.84. The molecule has 10 heteroatoms. The molecule has 0 aliphatic carbocycles. The number of hydrogen-bond acceptors (Lipinski definition) is 2. The van der Waals surface area contributed by atoms with Crippen molar-refractivity contribution in [1.82, 2.24) is 4.98 Å². The number of rotatable bonds is 3. The van der Waals surface area contributed by atoms with Gasteiger partial charge in [0.25, 0.3) is 11.3 Å². The predicted octanol–water partition coefficient (Wildman–Crippen LogP) is 2.99. The number of benzene rings is 1. The second-order valence-electron chi connectivity index (χ2n) is 3.70. The third-order valence-electron chi connectivity index (χ3n) is 2.47. The van der Waals surface area contributed by atoms with Crippen molar-refractivity contribution in [3.63, 3.8) is 0 Å². The van der Waals surface area contributed by atoms with Gasteiger partial charge in [0.2, 0.25) is 5.82 Å². The van der Waals surface area contributed by atoms with Gasteiger partial charge in [0, 0.05) is 11.8 Å². The number of halogens is 5. The SMILES string of the molecule is O=S(O)Nc1ncccc1-c1c(F)c(F)c(F)c(F)c1F. The first-order chi connectivity index (χ1) is 9.84. The molecule has 0 radical (unpaired) electrons. The summed E-state index contributed by atoms with van der Waals surface area (Å²) < 4.78 is 87.9. The first-order valence-electron chi connectivity index (χ1n) is 5.19. The van der Waals surface area contributed by atoms with Gasteiger partial charge in [-0.2, -0.15) is 0 Å². The van der Waals surface area contributed by atoms with E-state index in [0.717, 1.165) is 12.3 Å². The molecule has 0 fully saturated rings. The average molecular weight is 324 g/mol. The van der Waals surface area contributed by atoms with Gasteiger partial charge >= 0.3 is 0 Å². The fourth-order valence-electron chi connectivity index (χ4n) is 1.61. The fourth-order valence-corrected chi connectivity index (χ4v) is 1.94. The molecule has 1 aromatic carbocycles. The molecule has 1 unspecified atom stereocenters. The highest BCUT2D eigenvalue weighted by Crippen LogP contribution is 2.34. The Morgan fingerprint density at radius 1 is 1.00 bits per heavy atom. The van der Waals surface area contributed by atoms with Gasteiger partial charge in [-0.15, -0.1) is 0 Å². The van der Waals surface area contributed by atoms with Crippen LogP contribution in [0, 0.1) is 29.1 Å². The van der Waals surface area contributed by atoms with Crippen LogP contribution >= 0.6 is 0 Å². The molecule has 0 amide bonds. The Hall–Kier alpha value is -2.07. The Morgan fingerprint density at radius 2 is 1.52 bits per heavy atom. The molecule has 2 rings (SSSR count). The summed E-state index contributed by atoms with van der Waals surface area (Å²) in [4.78, 5) is 3.52. The zero-order valence-corrected chi connectivity index (χ0v) is 10.6. The van der Waals surface area contributed by atoms with Crippen LogP contribution in [0.2, 0.25) is 0 Å². The van der Waals surface area contributed by atoms with E-state index in [2.05, 4.69) is 4.98 Å². The lowest BCUT2D eigenvalue weighted by Gasteiger charge is -2.11. The summed E-state index contributed by atoms with van der Waals surface area (Å²) in [6.45, 7) is 0. The lowest BCUT2D eigenvalue weighted by molar-refractivity contribution is 0.381. The molecular weight excluding hydrogens is 319 g/mol. The maximum Gasteiger partial charge on any atom is 0.260 e. The summed E-state index contributed by atoms with van der Waals surface area (Å²) in [6.07, 6.45) is 1.10. The van der Waals surface area contributed by atoms with E-state index in [1.54, 1.807) is 0 Å². The molecule has 0 bridgehead atoms. The molecule has 4 nitrogen and oxygen atoms in total. The Kier molecular flexibility index (Phi) is 4.19. The normalized spacial score (nSPS) is 12.3. The highest BCUT2D eigenvalue weighted by Gasteiger charge is 2.28. The van der Waals surface area contributed by atoms with Crippen molar-refractivity contribution < 1.29 is 30.7 Å². The second-order valence-corrected chi connectivity index (χ2v) is 4.40. The highest BCUT2D eigenvalue weighted by molar-refractivity contribution is 7.80. The standard InChI is InChI=1S/C11H5F5N2O2S/c12-6-5(7(13)9(15)10(16)8(6)14)4-2-1-3-17-11(4)18-21(19)20/h1-3H,(H,17,18)(H,19,20). The maximum atomic E-state index is 13.7. The van der Waals surface area contributed by atoms with Gasteiger partial charge in [-0.3, -0.25) is 9.27 Å². The Labute approximate surface area is 117 Å². The summed E-state index contributed by atoms with van der Waals surface area (Å²) in [7, 11) is 0. The van der Waals surface area contributed by atoms with Gasteiger partial charge in [0.05, 0.1) is 5.56 Å². The van der Waals surface area contributed by atoms with Crippen LogP contribution in [-0.4, -0.2) is 13.7 Å². The van der Waals surface area contributed by atoms with Gasteiger partial charge in [0.1, 0.15) is 5.82 Å². The minimum absolute atomic E-state index is 0.512.